The van der Waals surface area contributed by atoms with E-state index in [0.29, 0.717) is 0 Å². The van der Waals surface area contributed by atoms with Crippen molar-refractivity contribution in [3.8, 4) is 0 Å². The molecule has 92 valence electrons. The van der Waals surface area contributed by atoms with Crippen LogP contribution in [0.4, 0.5) is 0 Å². The van der Waals surface area contributed by atoms with Crippen molar-refractivity contribution in [2.75, 3.05) is 26.2 Å². The van der Waals surface area contributed by atoms with Gasteiger partial charge in [-0.15, -0.1) is 0 Å². The van der Waals surface area contributed by atoms with Gasteiger partial charge in [-0.2, -0.15) is 0 Å². The van der Waals surface area contributed by atoms with Crippen LogP contribution in [-0.2, 0) is 0 Å². The second kappa shape index (κ2) is 8.12. The molecule has 0 aromatic heterocycles. The van der Waals surface area contributed by atoms with Gasteiger partial charge in [-0.3, -0.25) is 9.80 Å². The number of hydrogen-bond donors (Lipinski definition) is 0. The van der Waals surface area contributed by atoms with Crippen molar-refractivity contribution < 1.29 is 0 Å². The molecule has 1 unspecified atom stereocenters. The zero-order chi connectivity index (χ0) is 11.8. The van der Waals surface area contributed by atoms with Gasteiger partial charge in [0.05, 0.1) is 0 Å². The van der Waals surface area contributed by atoms with Crippen LogP contribution in [-0.4, -0.2) is 48.1 Å². The lowest BCUT2D eigenvalue weighted by Crippen LogP contribution is -2.38. The molecular weight excluding hydrogens is 184 g/mol. The van der Waals surface area contributed by atoms with E-state index in [2.05, 4.69) is 37.5 Å². The molecule has 0 bridgehead atoms. The highest BCUT2D eigenvalue weighted by atomic mass is 15.3. The summed E-state index contributed by atoms with van der Waals surface area (Å²) in [5.74, 6) is 0. The molecule has 1 fully saturated rings. The predicted octanol–water partition coefficient (Wildman–Crippen LogP) is 2.84. The smallest absolute Gasteiger partial charge is 0.0235 e. The molecule has 0 saturated carbocycles. The van der Waals surface area contributed by atoms with E-state index in [0.717, 1.165) is 12.1 Å². The molecule has 1 atom stereocenters. The molecule has 1 aliphatic heterocycles. The lowest BCUT2D eigenvalue weighted by atomic mass is 10.2. The molecule has 0 spiro atoms. The first-order valence-corrected chi connectivity index (χ1v) is 6.67. The molecule has 0 aliphatic carbocycles. The number of likely N-dealkylation sites (N-methyl/N-ethyl adjacent to an activating group) is 1. The van der Waals surface area contributed by atoms with Gasteiger partial charge in [0.2, 0.25) is 0 Å². The predicted molar refractivity (Wildman–Crippen MR) is 69.4 cm³/mol. The van der Waals surface area contributed by atoms with Gasteiger partial charge in [0.15, 0.2) is 0 Å². The standard InChI is InChI=1S/C11H24N2.C2H6/c1-5-12(6-2)11-7-8-13(9-11)10(3)4;1-2/h10-11H,5-9H2,1-4H3;1-2H3. The second-order valence-corrected chi connectivity index (χ2v) is 4.25. The lowest BCUT2D eigenvalue weighted by molar-refractivity contribution is 0.198. The quantitative estimate of drug-likeness (QED) is 0.710. The van der Waals surface area contributed by atoms with Crippen molar-refractivity contribution in [3.63, 3.8) is 0 Å². The molecule has 0 aromatic carbocycles. The topological polar surface area (TPSA) is 6.48 Å². The van der Waals surface area contributed by atoms with Crippen molar-refractivity contribution in [1.82, 2.24) is 9.80 Å². The summed E-state index contributed by atoms with van der Waals surface area (Å²) in [5.41, 5.74) is 0. The minimum atomic E-state index is 0.723. The van der Waals surface area contributed by atoms with Gasteiger partial charge < -0.3 is 0 Å². The summed E-state index contributed by atoms with van der Waals surface area (Å²) < 4.78 is 0. The molecule has 0 aromatic rings. The molecule has 0 amide bonds. The minimum absolute atomic E-state index is 0.723. The van der Waals surface area contributed by atoms with Crippen LogP contribution < -0.4 is 0 Å². The largest absolute Gasteiger partial charge is 0.300 e. The van der Waals surface area contributed by atoms with Crippen LogP contribution in [0.3, 0.4) is 0 Å². The number of hydrogen-bond acceptors (Lipinski definition) is 2. The van der Waals surface area contributed by atoms with Crippen LogP contribution in [0.15, 0.2) is 0 Å². The van der Waals surface area contributed by atoms with Crippen molar-refractivity contribution in [2.24, 2.45) is 0 Å². The van der Waals surface area contributed by atoms with E-state index in [9.17, 15) is 0 Å². The minimum Gasteiger partial charge on any atom is -0.300 e. The van der Waals surface area contributed by atoms with Gasteiger partial charge in [-0.25, -0.2) is 0 Å². The number of nitrogens with zero attached hydrogens (tertiary/aromatic N) is 2. The maximum atomic E-state index is 2.59. The van der Waals surface area contributed by atoms with E-state index < -0.39 is 0 Å². The highest BCUT2D eigenvalue weighted by molar-refractivity contribution is 4.83. The molecule has 1 heterocycles. The summed E-state index contributed by atoms with van der Waals surface area (Å²) in [6.45, 7) is 18.1. The summed E-state index contributed by atoms with van der Waals surface area (Å²) in [5, 5.41) is 0. The first-order valence-electron chi connectivity index (χ1n) is 6.67. The van der Waals surface area contributed by atoms with Crippen molar-refractivity contribution >= 4 is 0 Å². The van der Waals surface area contributed by atoms with Crippen LogP contribution in [0.25, 0.3) is 0 Å². The molecule has 0 radical (unpaired) electrons. The average Bonchev–Trinajstić information content (AvgIpc) is 2.72. The van der Waals surface area contributed by atoms with Crippen molar-refractivity contribution in [3.05, 3.63) is 0 Å². The fourth-order valence-corrected chi connectivity index (χ4v) is 2.28. The Balaban J connectivity index is 0.000000921. The highest BCUT2D eigenvalue weighted by Crippen LogP contribution is 2.17. The summed E-state index contributed by atoms with van der Waals surface area (Å²) in [6.07, 6.45) is 1.36. The van der Waals surface area contributed by atoms with E-state index in [1.165, 1.54) is 32.6 Å². The Morgan fingerprint density at radius 2 is 1.73 bits per heavy atom. The van der Waals surface area contributed by atoms with Crippen LogP contribution in [0.5, 0.6) is 0 Å². The Morgan fingerprint density at radius 3 is 2.07 bits per heavy atom. The summed E-state index contributed by atoms with van der Waals surface area (Å²) >= 11 is 0. The van der Waals surface area contributed by atoms with Gasteiger partial charge in [-0.1, -0.05) is 27.7 Å². The Labute approximate surface area is 96.6 Å². The van der Waals surface area contributed by atoms with E-state index >= 15 is 0 Å². The first kappa shape index (κ1) is 14.9. The second-order valence-electron chi connectivity index (χ2n) is 4.25. The highest BCUT2D eigenvalue weighted by Gasteiger charge is 2.26. The van der Waals surface area contributed by atoms with E-state index in [1.54, 1.807) is 0 Å². The maximum Gasteiger partial charge on any atom is 0.0235 e. The van der Waals surface area contributed by atoms with E-state index in [1.807, 2.05) is 13.8 Å². The molecule has 2 heteroatoms. The molecular formula is C13H30N2. The Hall–Kier alpha value is -0.0800. The summed E-state index contributed by atoms with van der Waals surface area (Å²) in [6, 6.07) is 1.54. The van der Waals surface area contributed by atoms with E-state index in [4.69, 9.17) is 0 Å². The maximum absolute atomic E-state index is 2.59. The Morgan fingerprint density at radius 1 is 1.20 bits per heavy atom. The third-order valence-electron chi connectivity index (χ3n) is 3.25. The Bertz CT molecular complexity index is 141. The molecule has 0 N–H and O–H groups in total. The van der Waals surface area contributed by atoms with Gasteiger partial charge in [0, 0.05) is 25.2 Å². The lowest BCUT2D eigenvalue weighted by Gasteiger charge is -2.27. The van der Waals surface area contributed by atoms with Crippen molar-refractivity contribution in [2.45, 2.75) is 60.0 Å². The number of likely N-dealkylation sites (tertiary alicyclic amines) is 1. The molecule has 1 aliphatic rings. The Kier molecular flexibility index (Phi) is 8.07. The number of rotatable bonds is 4. The van der Waals surface area contributed by atoms with Crippen LogP contribution in [0.1, 0.15) is 48.0 Å². The first-order chi connectivity index (χ1) is 7.19. The van der Waals surface area contributed by atoms with Gasteiger partial charge in [-0.05, 0) is 33.4 Å². The molecule has 15 heavy (non-hydrogen) atoms. The normalized spacial score (nSPS) is 22.0. The van der Waals surface area contributed by atoms with Crippen LogP contribution >= 0.6 is 0 Å². The molecule has 1 saturated heterocycles. The fraction of sp³-hybridized carbons (Fsp3) is 1.00. The third kappa shape index (κ3) is 4.52. The fourth-order valence-electron chi connectivity index (χ4n) is 2.28. The van der Waals surface area contributed by atoms with Crippen LogP contribution in [0, 0.1) is 0 Å². The van der Waals surface area contributed by atoms with Crippen LogP contribution in [0.2, 0.25) is 0 Å². The average molecular weight is 214 g/mol. The zero-order valence-corrected chi connectivity index (χ0v) is 11.6. The zero-order valence-electron chi connectivity index (χ0n) is 11.6. The van der Waals surface area contributed by atoms with Gasteiger partial charge in [0.1, 0.15) is 0 Å². The molecule has 1 rings (SSSR count). The molecule has 2 nitrogen and oxygen atoms in total. The van der Waals surface area contributed by atoms with Gasteiger partial charge >= 0.3 is 0 Å². The van der Waals surface area contributed by atoms with E-state index in [-0.39, 0.29) is 0 Å². The third-order valence-corrected chi connectivity index (χ3v) is 3.25. The summed E-state index contributed by atoms with van der Waals surface area (Å²) in [7, 11) is 0. The monoisotopic (exact) mass is 214 g/mol. The SMILES string of the molecule is CC.CCN(CC)C1CCN(C(C)C)C1. The van der Waals surface area contributed by atoms with Gasteiger partial charge in [0.25, 0.3) is 0 Å². The summed E-state index contributed by atoms with van der Waals surface area (Å²) in [4.78, 5) is 5.17. The van der Waals surface area contributed by atoms with Crippen molar-refractivity contribution in [1.29, 1.82) is 0 Å².